The van der Waals surface area contributed by atoms with E-state index in [1.165, 1.54) is 0 Å². The van der Waals surface area contributed by atoms with Gasteiger partial charge in [0.1, 0.15) is 5.82 Å². The Kier molecular flexibility index (Phi) is 5.60. The van der Waals surface area contributed by atoms with E-state index in [4.69, 9.17) is 22.7 Å². The second-order valence-electron chi connectivity index (χ2n) is 5.53. The average molecular weight is 368 g/mol. The predicted octanol–water partition coefficient (Wildman–Crippen LogP) is 3.67. The second-order valence-corrected chi connectivity index (χ2v) is 5.97. The first kappa shape index (κ1) is 17.6. The minimum Gasteiger partial charge on any atom is -0.388 e. The van der Waals surface area contributed by atoms with Gasteiger partial charge >= 0.3 is 0 Å². The molecule has 0 saturated heterocycles. The van der Waals surface area contributed by atoms with Crippen molar-refractivity contribution in [1.29, 1.82) is 5.41 Å². The van der Waals surface area contributed by atoms with Gasteiger partial charge in [0.25, 0.3) is 0 Å². The monoisotopic (exact) mass is 367 g/mol. The van der Waals surface area contributed by atoms with Crippen molar-refractivity contribution in [2.24, 2.45) is 5.73 Å². The molecule has 132 valence electrons. The fraction of sp³-hybridized carbons (Fsp3) is 0.111. The van der Waals surface area contributed by atoms with Crippen LogP contribution in [0.5, 0.6) is 0 Å². The van der Waals surface area contributed by atoms with Gasteiger partial charge in [0.2, 0.25) is 5.95 Å². The summed E-state index contributed by atoms with van der Waals surface area (Å²) < 4.78 is 0. The summed E-state index contributed by atoms with van der Waals surface area (Å²) in [6.07, 6.45) is 3.86. The Morgan fingerprint density at radius 3 is 2.77 bits per heavy atom. The highest BCUT2D eigenvalue weighted by Gasteiger charge is 2.05. The maximum atomic E-state index is 7.25. The summed E-state index contributed by atoms with van der Waals surface area (Å²) in [7, 11) is 0. The molecular weight excluding hydrogens is 350 g/mol. The molecule has 1 aromatic carbocycles. The number of hydrogen-bond acceptors (Lipinski definition) is 6. The molecule has 7 nitrogen and oxygen atoms in total. The number of nitrogens with zero attached hydrogens (tertiary/aromatic N) is 3. The molecule has 26 heavy (non-hydrogen) atoms. The summed E-state index contributed by atoms with van der Waals surface area (Å²) in [6.45, 7) is 0.553. The van der Waals surface area contributed by atoms with Gasteiger partial charge in [0.05, 0.1) is 11.5 Å². The van der Waals surface area contributed by atoms with Crippen LogP contribution in [0.2, 0.25) is 5.02 Å². The van der Waals surface area contributed by atoms with Crippen molar-refractivity contribution in [2.75, 3.05) is 17.2 Å². The number of pyridine rings is 1. The average Bonchev–Trinajstić information content (AvgIpc) is 2.62. The molecular formula is C18H18ClN7. The lowest BCUT2D eigenvalue weighted by molar-refractivity contribution is 1.06. The molecule has 0 atom stereocenters. The van der Waals surface area contributed by atoms with E-state index in [2.05, 4.69) is 25.6 Å². The van der Waals surface area contributed by atoms with Gasteiger partial charge in [0.15, 0.2) is 0 Å². The highest BCUT2D eigenvalue weighted by Crippen LogP contribution is 2.22. The number of rotatable bonds is 7. The largest absolute Gasteiger partial charge is 0.388 e. The van der Waals surface area contributed by atoms with Crippen LogP contribution in [0.4, 0.5) is 17.5 Å². The Hall–Kier alpha value is -3.19. The number of benzene rings is 1. The van der Waals surface area contributed by atoms with E-state index in [0.29, 0.717) is 29.8 Å². The summed E-state index contributed by atoms with van der Waals surface area (Å²) in [5.74, 6) is 1.32. The Bertz CT molecular complexity index is 913. The minimum absolute atomic E-state index is 0.140. The maximum Gasteiger partial charge on any atom is 0.227 e. The third-order valence-corrected chi connectivity index (χ3v) is 3.73. The molecule has 0 radical (unpaired) electrons. The maximum absolute atomic E-state index is 7.25. The van der Waals surface area contributed by atoms with Crippen molar-refractivity contribution in [3.8, 4) is 11.3 Å². The molecule has 0 spiro atoms. The van der Waals surface area contributed by atoms with Crippen LogP contribution in [0.15, 0.2) is 54.9 Å². The molecule has 0 aliphatic rings. The number of amidine groups is 1. The number of aromatic nitrogens is 3. The Balaban J connectivity index is 1.76. The van der Waals surface area contributed by atoms with Gasteiger partial charge < -0.3 is 16.4 Å². The topological polar surface area (TPSA) is 113 Å². The summed E-state index contributed by atoms with van der Waals surface area (Å²) >= 11 is 6.00. The van der Waals surface area contributed by atoms with Gasteiger partial charge in [-0.15, -0.1) is 0 Å². The predicted molar refractivity (Wildman–Crippen MR) is 105 cm³/mol. The van der Waals surface area contributed by atoms with Crippen LogP contribution in [-0.2, 0) is 0 Å². The van der Waals surface area contributed by atoms with Crippen molar-refractivity contribution < 1.29 is 0 Å². The molecule has 2 heterocycles. The standard InChI is InChI=1S/C18H18ClN7/c19-13-2-1-3-14(11-13)25-18-24-8-5-15(26-18)12-4-7-22-17(10-12)23-9-6-16(20)21/h1-5,7-8,10-11H,6,9H2,(H3,20,21)(H,22,23)(H,24,25,26). The molecule has 2 aromatic heterocycles. The first-order chi connectivity index (χ1) is 12.6. The Morgan fingerprint density at radius 1 is 1.12 bits per heavy atom. The molecule has 3 aromatic rings. The second kappa shape index (κ2) is 8.26. The first-order valence-electron chi connectivity index (χ1n) is 7.99. The molecule has 0 aliphatic carbocycles. The van der Waals surface area contributed by atoms with Gasteiger partial charge in [-0.25, -0.2) is 15.0 Å². The lowest BCUT2D eigenvalue weighted by Gasteiger charge is -2.09. The molecule has 8 heteroatoms. The highest BCUT2D eigenvalue weighted by molar-refractivity contribution is 6.30. The van der Waals surface area contributed by atoms with Gasteiger partial charge in [0, 0.05) is 41.6 Å². The zero-order valence-corrected chi connectivity index (χ0v) is 14.7. The normalized spacial score (nSPS) is 10.3. The molecule has 5 N–H and O–H groups in total. The molecule has 0 unspecified atom stereocenters. The summed E-state index contributed by atoms with van der Waals surface area (Å²) in [4.78, 5) is 13.1. The summed E-state index contributed by atoms with van der Waals surface area (Å²) in [5.41, 5.74) is 7.84. The fourth-order valence-electron chi connectivity index (χ4n) is 2.29. The molecule has 3 rings (SSSR count). The summed E-state index contributed by atoms with van der Waals surface area (Å²) in [6, 6.07) is 13.0. The molecule has 0 aliphatic heterocycles. The lowest BCUT2D eigenvalue weighted by atomic mass is 10.2. The molecule has 0 amide bonds. The van der Waals surface area contributed by atoms with E-state index in [9.17, 15) is 0 Å². The zero-order chi connectivity index (χ0) is 18.4. The van der Waals surface area contributed by atoms with E-state index in [1.54, 1.807) is 18.5 Å². The van der Waals surface area contributed by atoms with E-state index in [0.717, 1.165) is 16.9 Å². The molecule has 0 bridgehead atoms. The Labute approximate surface area is 156 Å². The zero-order valence-electron chi connectivity index (χ0n) is 13.9. The van der Waals surface area contributed by atoms with Crippen LogP contribution < -0.4 is 16.4 Å². The third kappa shape index (κ3) is 4.90. The van der Waals surface area contributed by atoms with Gasteiger partial charge in [-0.05, 0) is 36.4 Å². The highest BCUT2D eigenvalue weighted by atomic mass is 35.5. The number of nitrogens with two attached hydrogens (primary N) is 1. The van der Waals surface area contributed by atoms with Crippen LogP contribution in [-0.4, -0.2) is 27.3 Å². The van der Waals surface area contributed by atoms with E-state index in [-0.39, 0.29) is 5.84 Å². The number of halogens is 1. The minimum atomic E-state index is 0.140. The van der Waals surface area contributed by atoms with Gasteiger partial charge in [-0.2, -0.15) is 0 Å². The van der Waals surface area contributed by atoms with E-state index < -0.39 is 0 Å². The van der Waals surface area contributed by atoms with Crippen LogP contribution in [0.25, 0.3) is 11.3 Å². The molecule has 0 saturated carbocycles. The van der Waals surface area contributed by atoms with Crippen LogP contribution in [0.3, 0.4) is 0 Å². The van der Waals surface area contributed by atoms with Crippen molar-refractivity contribution in [3.63, 3.8) is 0 Å². The number of hydrogen-bond donors (Lipinski definition) is 4. The van der Waals surface area contributed by atoms with Gasteiger partial charge in [-0.1, -0.05) is 17.7 Å². The van der Waals surface area contributed by atoms with Crippen molar-refractivity contribution in [1.82, 2.24) is 15.0 Å². The lowest BCUT2D eigenvalue weighted by Crippen LogP contribution is -2.15. The summed E-state index contributed by atoms with van der Waals surface area (Å²) in [5, 5.41) is 14.2. The quantitative estimate of drug-likeness (QED) is 0.374. The van der Waals surface area contributed by atoms with Crippen molar-refractivity contribution >= 4 is 34.9 Å². The smallest absolute Gasteiger partial charge is 0.227 e. The van der Waals surface area contributed by atoms with Gasteiger partial charge in [-0.3, -0.25) is 5.41 Å². The first-order valence-corrected chi connectivity index (χ1v) is 8.37. The van der Waals surface area contributed by atoms with E-state index >= 15 is 0 Å². The third-order valence-electron chi connectivity index (χ3n) is 3.49. The van der Waals surface area contributed by atoms with E-state index in [1.807, 2.05) is 36.4 Å². The van der Waals surface area contributed by atoms with Crippen molar-refractivity contribution in [3.05, 3.63) is 59.9 Å². The number of nitrogens with one attached hydrogen (secondary N) is 3. The SMILES string of the molecule is N=C(N)CCNc1cc(-c2ccnc(Nc3cccc(Cl)c3)n2)ccn1. The van der Waals surface area contributed by atoms with Crippen LogP contribution >= 0.6 is 11.6 Å². The molecule has 0 fully saturated rings. The van der Waals surface area contributed by atoms with Crippen LogP contribution in [0, 0.1) is 5.41 Å². The van der Waals surface area contributed by atoms with Crippen LogP contribution in [0.1, 0.15) is 6.42 Å². The number of anilines is 3. The van der Waals surface area contributed by atoms with Crippen molar-refractivity contribution in [2.45, 2.75) is 6.42 Å². The Morgan fingerprint density at radius 2 is 1.96 bits per heavy atom. The fourth-order valence-corrected chi connectivity index (χ4v) is 2.48.